The molecule has 0 saturated carbocycles. The highest BCUT2D eigenvalue weighted by molar-refractivity contribution is 9.09. The van der Waals surface area contributed by atoms with E-state index in [1.807, 2.05) is 47.4 Å². The average Bonchev–Trinajstić information content (AvgIpc) is 3.05. The zero-order valence-corrected chi connectivity index (χ0v) is 17.3. The molecule has 0 aromatic heterocycles. The van der Waals surface area contributed by atoms with Crippen molar-refractivity contribution in [2.75, 3.05) is 23.9 Å². The van der Waals surface area contributed by atoms with Gasteiger partial charge in [-0.25, -0.2) is 0 Å². The van der Waals surface area contributed by atoms with Crippen LogP contribution in [0, 0.1) is 0 Å². The summed E-state index contributed by atoms with van der Waals surface area (Å²) in [5, 5.41) is 0.809. The van der Waals surface area contributed by atoms with Gasteiger partial charge in [-0.3, -0.25) is 9.69 Å². The summed E-state index contributed by atoms with van der Waals surface area (Å²) in [6, 6.07) is 13.8. The number of nitrogens with zero attached hydrogens (tertiary/aromatic N) is 1. The van der Waals surface area contributed by atoms with Gasteiger partial charge in [-0.2, -0.15) is 0 Å². The third kappa shape index (κ3) is 4.01. The summed E-state index contributed by atoms with van der Waals surface area (Å²) in [5.41, 5.74) is 1.91. The average molecular weight is 436 g/mol. The van der Waals surface area contributed by atoms with E-state index in [0.717, 1.165) is 45.8 Å². The van der Waals surface area contributed by atoms with Crippen LogP contribution in [0.1, 0.15) is 30.7 Å². The Morgan fingerprint density at radius 3 is 2.77 bits per heavy atom. The number of benzene rings is 2. The van der Waals surface area contributed by atoms with Crippen LogP contribution in [0.5, 0.6) is 11.5 Å². The predicted octanol–water partition coefficient (Wildman–Crippen LogP) is 5.41. The van der Waals surface area contributed by atoms with Gasteiger partial charge in [0.15, 0.2) is 0 Å². The quantitative estimate of drug-likeness (QED) is 0.430. The normalized spacial score (nSPS) is 15.7. The number of carbonyl (C=O) groups excluding carboxylic acids is 1. The van der Waals surface area contributed by atoms with Gasteiger partial charge >= 0.3 is 0 Å². The molecule has 1 amide bonds. The lowest BCUT2D eigenvalue weighted by molar-refractivity contribution is -0.116. The summed E-state index contributed by atoms with van der Waals surface area (Å²) in [6.07, 6.45) is 2.04. The molecule has 0 fully saturated rings. The molecule has 1 aliphatic heterocycles. The minimum absolute atomic E-state index is 0.0144. The summed E-state index contributed by atoms with van der Waals surface area (Å²) < 4.78 is 11.5. The first-order chi connectivity index (χ1) is 12.7. The van der Waals surface area contributed by atoms with E-state index in [1.54, 1.807) is 25.8 Å². The molecule has 26 heavy (non-hydrogen) atoms. The molecule has 1 atom stereocenters. The van der Waals surface area contributed by atoms with E-state index in [0.29, 0.717) is 6.61 Å². The number of fused-ring (bicyclic) bond motifs is 1. The van der Waals surface area contributed by atoms with Crippen molar-refractivity contribution in [2.45, 2.75) is 30.0 Å². The number of thioether (sulfide) groups is 1. The molecule has 6 heteroatoms. The SMILES string of the molecule is COc1ccc(OCCCCBr)c(C2Sc3ccccc3N2C(C)=O)c1. The van der Waals surface area contributed by atoms with Crippen LogP contribution in [-0.4, -0.2) is 25.0 Å². The minimum Gasteiger partial charge on any atom is -0.497 e. The number of rotatable bonds is 7. The van der Waals surface area contributed by atoms with Crippen LogP contribution in [0.4, 0.5) is 5.69 Å². The summed E-state index contributed by atoms with van der Waals surface area (Å²) in [7, 11) is 1.65. The number of unbranched alkanes of at least 4 members (excludes halogenated alkanes) is 1. The van der Waals surface area contributed by atoms with E-state index in [4.69, 9.17) is 9.47 Å². The molecular formula is C20H22BrNO3S. The Hall–Kier alpha value is -1.66. The number of anilines is 1. The van der Waals surface area contributed by atoms with Gasteiger partial charge in [0.05, 0.1) is 19.4 Å². The zero-order chi connectivity index (χ0) is 18.5. The Kier molecular flexibility index (Phi) is 6.48. The van der Waals surface area contributed by atoms with Gasteiger partial charge in [-0.15, -0.1) is 0 Å². The molecule has 0 radical (unpaired) electrons. The fourth-order valence-corrected chi connectivity index (χ4v) is 4.71. The Morgan fingerprint density at radius 2 is 2.04 bits per heavy atom. The van der Waals surface area contributed by atoms with Gasteiger partial charge in [0.2, 0.25) is 5.91 Å². The molecule has 0 spiro atoms. The molecule has 1 aliphatic rings. The molecule has 2 aromatic carbocycles. The molecule has 0 N–H and O–H groups in total. The topological polar surface area (TPSA) is 38.8 Å². The second kappa shape index (κ2) is 8.82. The predicted molar refractivity (Wildman–Crippen MR) is 110 cm³/mol. The number of alkyl halides is 1. The van der Waals surface area contributed by atoms with Gasteiger partial charge in [-0.1, -0.05) is 39.8 Å². The van der Waals surface area contributed by atoms with Crippen LogP contribution in [0.15, 0.2) is 47.4 Å². The monoisotopic (exact) mass is 435 g/mol. The van der Waals surface area contributed by atoms with Crippen LogP contribution in [0.2, 0.25) is 0 Å². The standard InChI is InChI=1S/C20H22BrNO3S/c1-14(23)22-17-7-3-4-8-19(17)26-20(22)16-13-15(24-2)9-10-18(16)25-12-6-5-11-21/h3-4,7-10,13,20H,5-6,11-12H2,1-2H3. The van der Waals surface area contributed by atoms with Crippen molar-refractivity contribution >= 4 is 39.3 Å². The maximum absolute atomic E-state index is 12.4. The summed E-state index contributed by atoms with van der Waals surface area (Å²) >= 11 is 5.11. The molecule has 3 rings (SSSR count). The van der Waals surface area contributed by atoms with Gasteiger partial charge < -0.3 is 9.47 Å². The van der Waals surface area contributed by atoms with Crippen LogP contribution in [0.25, 0.3) is 0 Å². The number of hydrogen-bond acceptors (Lipinski definition) is 4. The lowest BCUT2D eigenvalue weighted by atomic mass is 10.1. The van der Waals surface area contributed by atoms with Crippen LogP contribution in [-0.2, 0) is 4.79 Å². The molecule has 1 heterocycles. The van der Waals surface area contributed by atoms with E-state index in [9.17, 15) is 4.79 Å². The number of para-hydroxylation sites is 1. The summed E-state index contributed by atoms with van der Waals surface area (Å²) in [4.78, 5) is 15.3. The third-order valence-electron chi connectivity index (χ3n) is 4.21. The van der Waals surface area contributed by atoms with Crippen molar-refractivity contribution in [3.05, 3.63) is 48.0 Å². The number of carbonyl (C=O) groups is 1. The lowest BCUT2D eigenvalue weighted by Gasteiger charge is -2.25. The number of ether oxygens (including phenoxy) is 2. The Labute approximate surface area is 167 Å². The number of halogens is 1. The summed E-state index contributed by atoms with van der Waals surface area (Å²) in [5.74, 6) is 1.57. The van der Waals surface area contributed by atoms with Crippen LogP contribution in [0.3, 0.4) is 0 Å². The van der Waals surface area contributed by atoms with E-state index in [-0.39, 0.29) is 11.3 Å². The molecule has 0 bridgehead atoms. The molecule has 0 aliphatic carbocycles. The van der Waals surface area contributed by atoms with Crippen LogP contribution < -0.4 is 14.4 Å². The lowest BCUT2D eigenvalue weighted by Crippen LogP contribution is -2.28. The largest absolute Gasteiger partial charge is 0.497 e. The number of hydrogen-bond donors (Lipinski definition) is 0. The van der Waals surface area contributed by atoms with E-state index < -0.39 is 0 Å². The molecule has 1 unspecified atom stereocenters. The van der Waals surface area contributed by atoms with Crippen molar-refractivity contribution < 1.29 is 14.3 Å². The molecule has 4 nitrogen and oxygen atoms in total. The highest BCUT2D eigenvalue weighted by Crippen LogP contribution is 2.53. The Balaban J connectivity index is 1.95. The van der Waals surface area contributed by atoms with Gasteiger partial charge in [-0.05, 0) is 43.2 Å². The second-order valence-corrected chi connectivity index (χ2v) is 7.89. The first kappa shape index (κ1) is 19.1. The maximum atomic E-state index is 12.4. The van der Waals surface area contributed by atoms with Crippen molar-refractivity contribution in [2.24, 2.45) is 0 Å². The van der Waals surface area contributed by atoms with Crippen molar-refractivity contribution in [3.63, 3.8) is 0 Å². The van der Waals surface area contributed by atoms with E-state index in [2.05, 4.69) is 15.9 Å². The van der Waals surface area contributed by atoms with E-state index in [1.165, 1.54) is 0 Å². The van der Waals surface area contributed by atoms with Crippen LogP contribution >= 0.6 is 27.7 Å². The first-order valence-corrected chi connectivity index (χ1v) is 10.6. The minimum atomic E-state index is -0.161. The molecule has 2 aromatic rings. The molecular weight excluding hydrogens is 414 g/mol. The fraction of sp³-hybridized carbons (Fsp3) is 0.350. The molecule has 0 saturated heterocycles. The number of methoxy groups -OCH3 is 1. The van der Waals surface area contributed by atoms with E-state index >= 15 is 0 Å². The second-order valence-electron chi connectivity index (χ2n) is 5.98. The van der Waals surface area contributed by atoms with Crippen molar-refractivity contribution in [1.82, 2.24) is 0 Å². The Morgan fingerprint density at radius 1 is 1.23 bits per heavy atom. The highest BCUT2D eigenvalue weighted by Gasteiger charge is 2.35. The van der Waals surface area contributed by atoms with Crippen molar-refractivity contribution in [3.8, 4) is 11.5 Å². The zero-order valence-electron chi connectivity index (χ0n) is 14.9. The van der Waals surface area contributed by atoms with Gasteiger partial charge in [0.25, 0.3) is 0 Å². The molecule has 138 valence electrons. The number of amides is 1. The van der Waals surface area contributed by atoms with Gasteiger partial charge in [0, 0.05) is 22.7 Å². The highest BCUT2D eigenvalue weighted by atomic mass is 79.9. The van der Waals surface area contributed by atoms with Gasteiger partial charge in [0.1, 0.15) is 16.9 Å². The maximum Gasteiger partial charge on any atom is 0.225 e. The fourth-order valence-electron chi connectivity index (χ4n) is 2.95. The Bertz CT molecular complexity index is 783. The summed E-state index contributed by atoms with van der Waals surface area (Å²) in [6.45, 7) is 2.25. The smallest absolute Gasteiger partial charge is 0.225 e. The van der Waals surface area contributed by atoms with Crippen molar-refractivity contribution in [1.29, 1.82) is 0 Å². The first-order valence-electron chi connectivity index (χ1n) is 8.58. The third-order valence-corrected chi connectivity index (χ3v) is 6.05.